The van der Waals surface area contributed by atoms with Crippen molar-refractivity contribution < 1.29 is 19.1 Å². The molecule has 1 saturated heterocycles. The van der Waals surface area contributed by atoms with Crippen LogP contribution in [0.4, 0.5) is 17.2 Å². The van der Waals surface area contributed by atoms with Gasteiger partial charge in [0.05, 0.1) is 25.2 Å². The lowest BCUT2D eigenvalue weighted by Crippen LogP contribution is -2.48. The third-order valence-electron chi connectivity index (χ3n) is 5.69. The fourth-order valence-corrected chi connectivity index (χ4v) is 3.41. The van der Waals surface area contributed by atoms with Crippen molar-refractivity contribution in [1.29, 1.82) is 0 Å². The summed E-state index contributed by atoms with van der Waals surface area (Å²) in [4.78, 5) is 16.1. The highest BCUT2D eigenvalue weighted by Gasteiger charge is 2.37. The lowest BCUT2D eigenvalue weighted by molar-refractivity contribution is -0.383. The van der Waals surface area contributed by atoms with E-state index in [4.69, 9.17) is 14.2 Å². The number of benzene rings is 1. The van der Waals surface area contributed by atoms with Crippen LogP contribution in [0.15, 0.2) is 24.3 Å². The number of hydrogen-bond acceptors (Lipinski definition) is 8. The van der Waals surface area contributed by atoms with E-state index in [0.29, 0.717) is 32.0 Å². The number of hydrogen-bond donors (Lipinski definition) is 2. The van der Waals surface area contributed by atoms with Gasteiger partial charge in [-0.25, -0.2) is 4.98 Å². The lowest BCUT2D eigenvalue weighted by Gasteiger charge is -2.41. The molecule has 174 valence electrons. The number of nitro groups is 1. The summed E-state index contributed by atoms with van der Waals surface area (Å²) in [6, 6.07) is 7.51. The van der Waals surface area contributed by atoms with E-state index >= 15 is 0 Å². The number of methoxy groups -OCH3 is 1. The number of aromatic nitrogens is 1. The number of nitrogens with one attached hydrogen (secondary N) is 2. The van der Waals surface area contributed by atoms with Crippen LogP contribution in [0.3, 0.4) is 0 Å². The predicted octanol–water partition coefficient (Wildman–Crippen LogP) is 4.43. The first kappa shape index (κ1) is 23.7. The van der Waals surface area contributed by atoms with E-state index in [9.17, 15) is 10.1 Å². The molecule has 0 spiro atoms. The Balaban J connectivity index is 1.82. The van der Waals surface area contributed by atoms with Crippen molar-refractivity contribution in [1.82, 2.24) is 4.98 Å². The summed E-state index contributed by atoms with van der Waals surface area (Å²) in [5.74, 6) is 0.370. The standard InChI is InChI=1S/C23H32N4O5/c1-15-16(2)26-21(24-11-17-7-9-18(30-6)10-8-17)20(27(28)29)19(15)25-12-23(5)13-31-22(3,4)32-14-23/h7-10H,11-14H2,1-6H3,(H2,24,25,26). The summed E-state index contributed by atoms with van der Waals surface area (Å²) >= 11 is 0. The van der Waals surface area contributed by atoms with E-state index in [1.165, 1.54) is 0 Å². The summed E-state index contributed by atoms with van der Waals surface area (Å²) in [5, 5.41) is 18.5. The van der Waals surface area contributed by atoms with E-state index in [1.54, 1.807) is 7.11 Å². The number of nitrogens with zero attached hydrogens (tertiary/aromatic N) is 2. The van der Waals surface area contributed by atoms with Crippen LogP contribution in [0.2, 0.25) is 0 Å². The van der Waals surface area contributed by atoms with Crippen molar-refractivity contribution >= 4 is 17.2 Å². The molecule has 9 heteroatoms. The van der Waals surface area contributed by atoms with Crippen LogP contribution in [0.25, 0.3) is 0 Å². The van der Waals surface area contributed by atoms with Crippen molar-refractivity contribution in [3.8, 4) is 5.75 Å². The Bertz CT molecular complexity index is 965. The van der Waals surface area contributed by atoms with Crippen LogP contribution in [-0.2, 0) is 16.0 Å². The maximum atomic E-state index is 12.0. The van der Waals surface area contributed by atoms with Crippen LogP contribution in [0, 0.1) is 29.4 Å². The molecular formula is C23H32N4O5. The largest absolute Gasteiger partial charge is 0.497 e. The van der Waals surface area contributed by atoms with Crippen LogP contribution in [-0.4, -0.2) is 42.6 Å². The van der Waals surface area contributed by atoms with E-state index in [1.807, 2.05) is 58.9 Å². The molecule has 1 aliphatic rings. The summed E-state index contributed by atoms with van der Waals surface area (Å²) in [5.41, 5.74) is 2.50. The Hall–Kier alpha value is -2.91. The first-order chi connectivity index (χ1) is 15.0. The Morgan fingerprint density at radius 3 is 2.31 bits per heavy atom. The molecule has 2 heterocycles. The summed E-state index contributed by atoms with van der Waals surface area (Å²) in [6.07, 6.45) is 0. The van der Waals surface area contributed by atoms with E-state index in [0.717, 1.165) is 22.6 Å². The van der Waals surface area contributed by atoms with E-state index in [-0.39, 0.29) is 16.9 Å². The number of pyridine rings is 1. The summed E-state index contributed by atoms with van der Waals surface area (Å²) in [6.45, 7) is 11.3. The molecular weight excluding hydrogens is 412 g/mol. The highest BCUT2D eigenvalue weighted by atomic mass is 16.7. The second kappa shape index (κ2) is 9.30. The van der Waals surface area contributed by atoms with Crippen molar-refractivity contribution in [2.45, 2.75) is 47.0 Å². The van der Waals surface area contributed by atoms with Gasteiger partial charge in [0.15, 0.2) is 5.79 Å². The van der Waals surface area contributed by atoms with E-state index in [2.05, 4.69) is 15.6 Å². The Morgan fingerprint density at radius 2 is 1.75 bits per heavy atom. The average Bonchev–Trinajstić information content (AvgIpc) is 2.76. The number of rotatable bonds is 8. The third kappa shape index (κ3) is 5.46. The first-order valence-corrected chi connectivity index (χ1v) is 10.6. The quantitative estimate of drug-likeness (QED) is 0.455. The molecule has 3 rings (SSSR count). The zero-order chi connectivity index (χ0) is 23.5. The van der Waals surface area contributed by atoms with Crippen molar-refractivity contribution in [3.05, 3.63) is 51.2 Å². The fourth-order valence-electron chi connectivity index (χ4n) is 3.41. The van der Waals surface area contributed by atoms with Crippen molar-refractivity contribution in [3.63, 3.8) is 0 Å². The minimum Gasteiger partial charge on any atom is -0.497 e. The molecule has 1 aromatic carbocycles. The van der Waals surface area contributed by atoms with Crippen molar-refractivity contribution in [2.75, 3.05) is 37.5 Å². The maximum absolute atomic E-state index is 12.0. The third-order valence-corrected chi connectivity index (χ3v) is 5.69. The second-order valence-electron chi connectivity index (χ2n) is 8.99. The van der Waals surface area contributed by atoms with Crippen LogP contribution in [0.1, 0.15) is 37.6 Å². The predicted molar refractivity (Wildman–Crippen MR) is 123 cm³/mol. The molecule has 0 aliphatic carbocycles. The van der Waals surface area contributed by atoms with Gasteiger partial charge in [0, 0.05) is 29.8 Å². The second-order valence-corrected chi connectivity index (χ2v) is 8.99. The van der Waals surface area contributed by atoms with Gasteiger partial charge in [0.25, 0.3) is 0 Å². The highest BCUT2D eigenvalue weighted by Crippen LogP contribution is 2.37. The molecule has 0 atom stereocenters. The zero-order valence-electron chi connectivity index (χ0n) is 19.6. The molecule has 0 unspecified atom stereocenters. The molecule has 1 fully saturated rings. The molecule has 0 radical (unpaired) electrons. The molecule has 9 nitrogen and oxygen atoms in total. The first-order valence-electron chi connectivity index (χ1n) is 10.6. The normalized spacial score (nSPS) is 16.9. The highest BCUT2D eigenvalue weighted by molar-refractivity contribution is 5.77. The van der Waals surface area contributed by atoms with Gasteiger partial charge in [-0.3, -0.25) is 10.1 Å². The van der Waals surface area contributed by atoms with Crippen molar-refractivity contribution in [2.24, 2.45) is 5.41 Å². The van der Waals surface area contributed by atoms with Crippen LogP contribution in [0.5, 0.6) is 5.75 Å². The summed E-state index contributed by atoms with van der Waals surface area (Å²) in [7, 11) is 1.61. The van der Waals surface area contributed by atoms with E-state index < -0.39 is 10.7 Å². The smallest absolute Gasteiger partial charge is 0.334 e. The van der Waals surface area contributed by atoms with Gasteiger partial charge in [-0.2, -0.15) is 0 Å². The van der Waals surface area contributed by atoms with Gasteiger partial charge in [0.2, 0.25) is 5.82 Å². The SMILES string of the molecule is COc1ccc(CNc2nc(C)c(C)c(NCC3(C)COC(C)(C)OC3)c2[N+](=O)[O-])cc1. The molecule has 2 aromatic rings. The lowest BCUT2D eigenvalue weighted by atomic mass is 9.91. The molecule has 0 amide bonds. The van der Waals surface area contributed by atoms with Gasteiger partial charge < -0.3 is 24.8 Å². The van der Waals surface area contributed by atoms with Gasteiger partial charge >= 0.3 is 5.69 Å². The Kier molecular flexibility index (Phi) is 6.90. The average molecular weight is 445 g/mol. The monoisotopic (exact) mass is 444 g/mol. The Morgan fingerprint density at radius 1 is 1.12 bits per heavy atom. The molecule has 0 saturated carbocycles. The molecule has 1 aromatic heterocycles. The molecule has 0 bridgehead atoms. The number of aryl methyl sites for hydroxylation is 1. The van der Waals surface area contributed by atoms with Gasteiger partial charge in [0.1, 0.15) is 11.4 Å². The molecule has 2 N–H and O–H groups in total. The Labute approximate surface area is 188 Å². The molecule has 1 aliphatic heterocycles. The molecule has 32 heavy (non-hydrogen) atoms. The zero-order valence-corrected chi connectivity index (χ0v) is 19.6. The number of anilines is 2. The van der Waals surface area contributed by atoms with Gasteiger partial charge in [-0.15, -0.1) is 0 Å². The maximum Gasteiger partial charge on any atom is 0.334 e. The summed E-state index contributed by atoms with van der Waals surface area (Å²) < 4.78 is 16.8. The minimum atomic E-state index is -0.618. The number of ether oxygens (including phenoxy) is 3. The fraction of sp³-hybridized carbons (Fsp3) is 0.522. The van der Waals surface area contributed by atoms with Crippen LogP contribution < -0.4 is 15.4 Å². The topological polar surface area (TPSA) is 108 Å². The van der Waals surface area contributed by atoms with Gasteiger partial charge in [-0.05, 0) is 45.4 Å². The van der Waals surface area contributed by atoms with Gasteiger partial charge in [-0.1, -0.05) is 19.1 Å². The van der Waals surface area contributed by atoms with Crippen LogP contribution >= 0.6 is 0 Å². The minimum absolute atomic E-state index is 0.0665.